The minimum Gasteiger partial charge on any atom is -0.382 e. The molecule has 43 heavy (non-hydrogen) atoms. The monoisotopic (exact) mass is 621 g/mol. The van der Waals surface area contributed by atoms with Crippen molar-refractivity contribution in [3.05, 3.63) is 70.1 Å². The highest BCUT2D eigenvalue weighted by Crippen LogP contribution is 2.46. The molecule has 2 aromatic rings. The Hall–Kier alpha value is -2.79. The van der Waals surface area contributed by atoms with Crippen molar-refractivity contribution in [1.29, 1.82) is 0 Å². The van der Waals surface area contributed by atoms with Crippen molar-refractivity contribution < 1.29 is 32.8 Å². The maximum Gasteiger partial charge on any atom is 0.351 e. The second-order valence-corrected chi connectivity index (χ2v) is 11.3. The first kappa shape index (κ1) is 36.4. The molecule has 0 spiro atoms. The fourth-order valence-corrected chi connectivity index (χ4v) is 5.61. The largest absolute Gasteiger partial charge is 0.382 e. The molecule has 0 aliphatic heterocycles. The highest BCUT2D eigenvalue weighted by atomic mass is 31.2. The van der Waals surface area contributed by atoms with Crippen molar-refractivity contribution in [2.75, 3.05) is 65.7 Å². The van der Waals surface area contributed by atoms with E-state index in [4.69, 9.17) is 34.6 Å². The summed E-state index contributed by atoms with van der Waals surface area (Å²) in [6.07, 6.45) is -0.00832. The number of hydrogen-bond acceptors (Lipinski definition) is 10. The SMILES string of the molecule is [C-]#[N+]CCOP(OC[C@@H](COC)O[C@H](COCCOC)n1ccc(NC(=O)c2ccccc2)nc1=O)N(C(C)C)C(C)C. The molecule has 0 aliphatic rings. The zero-order chi connectivity index (χ0) is 31.6. The predicted molar refractivity (Wildman–Crippen MR) is 164 cm³/mol. The number of nitrogens with one attached hydrogen (secondary N) is 1. The zero-order valence-electron chi connectivity index (χ0n) is 25.8. The highest BCUT2D eigenvalue weighted by molar-refractivity contribution is 7.44. The number of carbonyl (C=O) groups excluding carboxylic acids is 1. The fraction of sp³-hybridized carbons (Fsp3) is 0.586. The molecular formula is C29H44N5O8P. The third-order valence-corrected chi connectivity index (χ3v) is 7.91. The van der Waals surface area contributed by atoms with Crippen LogP contribution in [-0.2, 0) is 28.0 Å². The highest BCUT2D eigenvalue weighted by Gasteiger charge is 2.29. The maximum atomic E-state index is 13.1. The number of anilines is 1. The van der Waals surface area contributed by atoms with E-state index >= 15 is 0 Å². The van der Waals surface area contributed by atoms with Crippen LogP contribution in [-0.4, -0.2) is 98.7 Å². The van der Waals surface area contributed by atoms with Crippen molar-refractivity contribution in [2.45, 2.75) is 52.1 Å². The molecule has 2 rings (SSSR count). The molecule has 14 heteroatoms. The lowest BCUT2D eigenvalue weighted by molar-refractivity contribution is -0.128. The molecule has 3 atom stereocenters. The van der Waals surface area contributed by atoms with Gasteiger partial charge < -0.3 is 38.2 Å². The number of hydrogen-bond donors (Lipinski definition) is 1. The van der Waals surface area contributed by atoms with Crippen molar-refractivity contribution in [3.8, 4) is 0 Å². The van der Waals surface area contributed by atoms with E-state index in [0.29, 0.717) is 12.2 Å². The summed E-state index contributed by atoms with van der Waals surface area (Å²) in [5.74, 6) is -0.277. The first-order chi connectivity index (χ1) is 20.7. The van der Waals surface area contributed by atoms with Crippen molar-refractivity contribution in [2.24, 2.45) is 0 Å². The molecule has 1 heterocycles. The Balaban J connectivity index is 2.23. The molecule has 0 aliphatic carbocycles. The quantitative estimate of drug-likeness (QED) is 0.124. The summed E-state index contributed by atoms with van der Waals surface area (Å²) in [5, 5.41) is 2.64. The minimum atomic E-state index is -1.51. The smallest absolute Gasteiger partial charge is 0.351 e. The van der Waals surface area contributed by atoms with E-state index in [2.05, 4.69) is 47.5 Å². The van der Waals surface area contributed by atoms with Gasteiger partial charge in [-0.05, 0) is 45.9 Å². The Morgan fingerprint density at radius 3 is 2.33 bits per heavy atom. The van der Waals surface area contributed by atoms with Crippen LogP contribution in [0.3, 0.4) is 0 Å². The molecule has 0 radical (unpaired) electrons. The van der Waals surface area contributed by atoms with E-state index in [-0.39, 0.29) is 63.4 Å². The average molecular weight is 622 g/mol. The van der Waals surface area contributed by atoms with Crippen LogP contribution in [0, 0.1) is 6.57 Å². The summed E-state index contributed by atoms with van der Waals surface area (Å²) in [4.78, 5) is 33.1. The van der Waals surface area contributed by atoms with Gasteiger partial charge in [-0.3, -0.25) is 9.36 Å². The predicted octanol–water partition coefficient (Wildman–Crippen LogP) is 3.99. The molecule has 1 unspecified atom stereocenters. The van der Waals surface area contributed by atoms with Crippen LogP contribution >= 0.6 is 8.53 Å². The van der Waals surface area contributed by atoms with Gasteiger partial charge in [0.1, 0.15) is 18.5 Å². The van der Waals surface area contributed by atoms with Crippen LogP contribution < -0.4 is 11.0 Å². The minimum absolute atomic E-state index is 0.0151. The topological polar surface area (TPSA) is 127 Å². The number of carbonyl (C=O) groups is 1. The van der Waals surface area contributed by atoms with E-state index in [0.717, 1.165) is 0 Å². The van der Waals surface area contributed by atoms with Gasteiger partial charge in [-0.25, -0.2) is 16.0 Å². The van der Waals surface area contributed by atoms with Crippen LogP contribution in [0.4, 0.5) is 5.82 Å². The normalized spacial score (nSPS) is 13.7. The molecular weight excluding hydrogens is 577 g/mol. The second kappa shape index (κ2) is 20.2. The van der Waals surface area contributed by atoms with E-state index in [1.807, 2.05) is 6.07 Å². The number of rotatable bonds is 21. The van der Waals surface area contributed by atoms with Crippen molar-refractivity contribution >= 4 is 20.3 Å². The molecule has 1 aromatic heterocycles. The lowest BCUT2D eigenvalue weighted by atomic mass is 10.2. The Kier molecular flexibility index (Phi) is 17.1. The number of nitrogens with zero attached hydrogens (tertiary/aromatic N) is 4. The summed E-state index contributed by atoms with van der Waals surface area (Å²) in [6, 6.07) is 10.4. The van der Waals surface area contributed by atoms with Gasteiger partial charge in [0.2, 0.25) is 6.54 Å². The Labute approximate surface area is 255 Å². The summed E-state index contributed by atoms with van der Waals surface area (Å²) < 4.78 is 38.2. The summed E-state index contributed by atoms with van der Waals surface area (Å²) in [7, 11) is 1.60. The van der Waals surface area contributed by atoms with Gasteiger partial charge in [0.15, 0.2) is 6.23 Å². The third-order valence-electron chi connectivity index (χ3n) is 5.83. The molecule has 0 saturated heterocycles. The summed E-state index contributed by atoms with van der Waals surface area (Å²) >= 11 is 0. The molecule has 0 saturated carbocycles. The van der Waals surface area contributed by atoms with Crippen molar-refractivity contribution in [3.63, 3.8) is 0 Å². The van der Waals surface area contributed by atoms with Crippen LogP contribution in [0.15, 0.2) is 47.4 Å². The molecule has 1 amide bonds. The number of ether oxygens (including phenoxy) is 4. The first-order valence-electron chi connectivity index (χ1n) is 14.1. The van der Waals surface area contributed by atoms with Crippen molar-refractivity contribution in [1.82, 2.24) is 14.2 Å². The Morgan fingerprint density at radius 2 is 1.72 bits per heavy atom. The fourth-order valence-electron chi connectivity index (χ4n) is 3.98. The maximum absolute atomic E-state index is 13.1. The van der Waals surface area contributed by atoms with E-state index in [9.17, 15) is 9.59 Å². The Morgan fingerprint density at radius 1 is 1.00 bits per heavy atom. The molecule has 0 bridgehead atoms. The van der Waals surface area contributed by atoms with Gasteiger partial charge in [-0.1, -0.05) is 18.2 Å². The molecule has 0 fully saturated rings. The molecule has 238 valence electrons. The number of benzene rings is 1. The van der Waals surface area contributed by atoms with E-state index < -0.39 is 26.5 Å². The standard InChI is InChI=1S/C29H44N5O8P/c1-22(2)34(23(3)4)43(40-16-14-30-5)41-20-25(19-38-7)42-27(21-39-18-17-37-6)33-15-13-26(32-29(33)36)31-28(35)24-11-9-8-10-12-24/h8-13,15,22-23,25,27H,14,16-21H2,1-4,6-7H3,(H,31,32,35,36)/t25-,27-,43?/m1/s1. The number of aromatic nitrogens is 2. The zero-order valence-corrected chi connectivity index (χ0v) is 26.7. The van der Waals surface area contributed by atoms with Gasteiger partial charge in [0.05, 0.1) is 33.0 Å². The number of amides is 1. The lowest BCUT2D eigenvalue weighted by Crippen LogP contribution is -2.38. The third kappa shape index (κ3) is 12.8. The molecule has 1 N–H and O–H groups in total. The van der Waals surface area contributed by atoms with Gasteiger partial charge >= 0.3 is 5.69 Å². The van der Waals surface area contributed by atoms with Crippen LogP contribution in [0.2, 0.25) is 0 Å². The van der Waals surface area contributed by atoms with E-state index in [1.54, 1.807) is 38.5 Å². The molecule has 13 nitrogen and oxygen atoms in total. The second-order valence-electron chi connectivity index (χ2n) is 9.87. The van der Waals surface area contributed by atoms with Gasteiger partial charge in [-0.2, -0.15) is 4.98 Å². The van der Waals surface area contributed by atoms with E-state index in [1.165, 1.54) is 16.8 Å². The number of methoxy groups -OCH3 is 2. The Bertz CT molecular complexity index is 1170. The van der Waals surface area contributed by atoms with Crippen LogP contribution in [0.25, 0.3) is 4.85 Å². The van der Waals surface area contributed by atoms with Gasteiger partial charge in [0, 0.05) is 38.1 Å². The summed E-state index contributed by atoms with van der Waals surface area (Å²) in [5.41, 5.74) is -0.200. The van der Waals surface area contributed by atoms with Gasteiger partial charge in [0.25, 0.3) is 14.4 Å². The van der Waals surface area contributed by atoms with Crippen LogP contribution in [0.5, 0.6) is 0 Å². The first-order valence-corrected chi connectivity index (χ1v) is 15.2. The van der Waals surface area contributed by atoms with Gasteiger partial charge in [-0.15, -0.1) is 0 Å². The summed E-state index contributed by atoms with van der Waals surface area (Å²) in [6.45, 7) is 16.7. The lowest BCUT2D eigenvalue weighted by Gasteiger charge is -2.36. The van der Waals surface area contributed by atoms with Crippen LogP contribution in [0.1, 0.15) is 44.3 Å². The average Bonchev–Trinajstić information content (AvgIpc) is 2.97. The molecule has 1 aromatic carbocycles.